The molecular formula is C34H36BrN3O4S. The van der Waals surface area contributed by atoms with Crippen molar-refractivity contribution in [3.05, 3.63) is 129 Å². The van der Waals surface area contributed by atoms with Gasteiger partial charge in [0.25, 0.3) is 10.0 Å². The molecule has 4 aromatic rings. The zero-order chi connectivity index (χ0) is 31.1. The number of hydrogen-bond acceptors (Lipinski definition) is 4. The number of benzene rings is 4. The topological polar surface area (TPSA) is 86.8 Å². The molecule has 7 nitrogen and oxygen atoms in total. The van der Waals surface area contributed by atoms with E-state index in [-0.39, 0.29) is 23.8 Å². The molecule has 2 amide bonds. The summed E-state index contributed by atoms with van der Waals surface area (Å²) in [6.07, 6.45) is 0.261. The fraction of sp³-hybridized carbons (Fsp3) is 0.235. The van der Waals surface area contributed by atoms with Crippen molar-refractivity contribution in [1.29, 1.82) is 0 Å². The molecule has 0 saturated heterocycles. The lowest BCUT2D eigenvalue weighted by molar-refractivity contribution is -0.139. The fourth-order valence-corrected chi connectivity index (χ4v) is 6.42. The highest BCUT2D eigenvalue weighted by Gasteiger charge is 2.34. The standard InChI is InChI=1S/C34H36BrN3O4S/c1-24-10-18-31(19-11-24)43(41,42)38(30-17-12-25(2)26(3)20-30)23-33(39)37(22-28-13-15-29(35)16-14-28)32(34(40)36-4)21-27-8-6-5-7-9-27/h5-20,32H,21-23H2,1-4H3,(H,36,40)/t32-/m0/s1. The molecule has 0 saturated carbocycles. The molecule has 0 aliphatic heterocycles. The Labute approximate surface area is 262 Å². The third kappa shape index (κ3) is 7.91. The number of carbonyl (C=O) groups excluding carboxylic acids is 2. The number of nitrogens with zero attached hydrogens (tertiary/aromatic N) is 2. The van der Waals surface area contributed by atoms with Crippen LogP contribution in [0.4, 0.5) is 5.69 Å². The minimum absolute atomic E-state index is 0.0794. The molecule has 9 heteroatoms. The summed E-state index contributed by atoms with van der Waals surface area (Å²) in [5.41, 5.74) is 4.87. The van der Waals surface area contributed by atoms with E-state index in [0.29, 0.717) is 5.69 Å². The van der Waals surface area contributed by atoms with E-state index in [2.05, 4.69) is 21.2 Å². The highest BCUT2D eigenvalue weighted by atomic mass is 79.9. The van der Waals surface area contributed by atoms with Gasteiger partial charge in [0, 0.05) is 24.5 Å². The summed E-state index contributed by atoms with van der Waals surface area (Å²) >= 11 is 3.45. The van der Waals surface area contributed by atoms with Crippen molar-refractivity contribution >= 4 is 43.5 Å². The Morgan fingerprint density at radius 3 is 2.07 bits per heavy atom. The lowest BCUT2D eigenvalue weighted by atomic mass is 10.0. The molecule has 0 fully saturated rings. The van der Waals surface area contributed by atoms with Gasteiger partial charge < -0.3 is 10.2 Å². The first kappa shape index (κ1) is 32.0. The van der Waals surface area contributed by atoms with Crippen molar-refractivity contribution in [1.82, 2.24) is 10.2 Å². The van der Waals surface area contributed by atoms with E-state index in [9.17, 15) is 18.0 Å². The third-order valence-corrected chi connectivity index (χ3v) is 9.77. The van der Waals surface area contributed by atoms with E-state index in [1.54, 1.807) is 36.4 Å². The zero-order valence-corrected chi connectivity index (χ0v) is 27.2. The molecule has 0 aliphatic carbocycles. The molecule has 0 heterocycles. The Kier molecular flexibility index (Phi) is 10.4. The van der Waals surface area contributed by atoms with Crippen molar-refractivity contribution in [3.63, 3.8) is 0 Å². The molecule has 0 radical (unpaired) electrons. The van der Waals surface area contributed by atoms with Crippen LogP contribution in [-0.2, 0) is 32.6 Å². The van der Waals surface area contributed by atoms with Crippen LogP contribution in [0.3, 0.4) is 0 Å². The highest BCUT2D eigenvalue weighted by Crippen LogP contribution is 2.27. The number of likely N-dealkylation sites (N-methyl/N-ethyl adjacent to an activating group) is 1. The van der Waals surface area contributed by atoms with Crippen LogP contribution < -0.4 is 9.62 Å². The zero-order valence-electron chi connectivity index (χ0n) is 24.7. The lowest BCUT2D eigenvalue weighted by Gasteiger charge is -2.33. The van der Waals surface area contributed by atoms with Gasteiger partial charge in [0.15, 0.2) is 0 Å². The molecule has 0 bridgehead atoms. The molecule has 4 aromatic carbocycles. The van der Waals surface area contributed by atoms with Crippen molar-refractivity contribution in [2.24, 2.45) is 0 Å². The number of rotatable bonds is 11. The number of hydrogen-bond donors (Lipinski definition) is 1. The molecule has 1 N–H and O–H groups in total. The lowest BCUT2D eigenvalue weighted by Crippen LogP contribution is -2.53. The van der Waals surface area contributed by atoms with Crippen LogP contribution in [0.15, 0.2) is 106 Å². The van der Waals surface area contributed by atoms with E-state index in [4.69, 9.17) is 0 Å². The summed E-state index contributed by atoms with van der Waals surface area (Å²) in [4.78, 5) is 29.3. The summed E-state index contributed by atoms with van der Waals surface area (Å²) in [6.45, 7) is 5.35. The first-order chi connectivity index (χ1) is 20.5. The Hall–Kier alpha value is -3.95. The van der Waals surface area contributed by atoms with Crippen LogP contribution in [0.5, 0.6) is 0 Å². The maximum absolute atomic E-state index is 14.4. The van der Waals surface area contributed by atoms with Gasteiger partial charge in [-0.3, -0.25) is 13.9 Å². The first-order valence-electron chi connectivity index (χ1n) is 14.0. The summed E-state index contributed by atoms with van der Waals surface area (Å²) in [5.74, 6) is -0.838. The maximum atomic E-state index is 14.4. The van der Waals surface area contributed by atoms with Crippen LogP contribution in [0.2, 0.25) is 0 Å². The number of anilines is 1. The molecule has 1 atom stereocenters. The van der Waals surface area contributed by atoms with Crippen molar-refractivity contribution in [2.45, 2.75) is 44.7 Å². The monoisotopic (exact) mass is 661 g/mol. The number of aryl methyl sites for hydroxylation is 3. The molecule has 0 aliphatic rings. The van der Waals surface area contributed by atoms with Crippen LogP contribution >= 0.6 is 15.9 Å². The third-order valence-electron chi connectivity index (χ3n) is 7.45. The van der Waals surface area contributed by atoms with Gasteiger partial charge in [-0.1, -0.05) is 82.2 Å². The number of halogens is 1. The van der Waals surface area contributed by atoms with Gasteiger partial charge in [-0.05, 0) is 79.4 Å². The molecular weight excluding hydrogens is 626 g/mol. The second kappa shape index (κ2) is 14.0. The molecule has 0 spiro atoms. The summed E-state index contributed by atoms with van der Waals surface area (Å²) in [6, 6.07) is 27.9. The second-order valence-electron chi connectivity index (χ2n) is 10.6. The molecule has 0 unspecified atom stereocenters. The maximum Gasteiger partial charge on any atom is 0.264 e. The van der Waals surface area contributed by atoms with Gasteiger partial charge in [0.1, 0.15) is 12.6 Å². The SMILES string of the molecule is CNC(=O)[C@H](Cc1ccccc1)N(Cc1ccc(Br)cc1)C(=O)CN(c1ccc(C)c(C)c1)S(=O)(=O)c1ccc(C)cc1. The Balaban J connectivity index is 1.80. The Morgan fingerprint density at radius 1 is 0.814 bits per heavy atom. The van der Waals surface area contributed by atoms with Crippen LogP contribution in [0.25, 0.3) is 0 Å². The largest absolute Gasteiger partial charge is 0.357 e. The number of carbonyl (C=O) groups is 2. The first-order valence-corrected chi connectivity index (χ1v) is 16.2. The minimum Gasteiger partial charge on any atom is -0.357 e. The predicted octanol–water partition coefficient (Wildman–Crippen LogP) is 5.96. The second-order valence-corrected chi connectivity index (χ2v) is 13.3. The molecule has 224 valence electrons. The van der Waals surface area contributed by atoms with Gasteiger partial charge in [0.2, 0.25) is 11.8 Å². The van der Waals surface area contributed by atoms with Gasteiger partial charge in [-0.15, -0.1) is 0 Å². The highest BCUT2D eigenvalue weighted by molar-refractivity contribution is 9.10. The number of nitrogens with one attached hydrogen (secondary N) is 1. The normalized spacial score (nSPS) is 11.9. The quantitative estimate of drug-likeness (QED) is 0.215. The smallest absolute Gasteiger partial charge is 0.264 e. The predicted molar refractivity (Wildman–Crippen MR) is 174 cm³/mol. The van der Waals surface area contributed by atoms with E-state index >= 15 is 0 Å². The number of sulfonamides is 1. The van der Waals surface area contributed by atoms with Crippen molar-refractivity contribution < 1.29 is 18.0 Å². The van der Waals surface area contributed by atoms with E-state index in [1.165, 1.54) is 11.9 Å². The van der Waals surface area contributed by atoms with E-state index < -0.39 is 28.5 Å². The van der Waals surface area contributed by atoms with Gasteiger partial charge >= 0.3 is 0 Å². The minimum atomic E-state index is -4.14. The Bertz CT molecular complexity index is 1680. The molecule has 0 aromatic heterocycles. The van der Waals surface area contributed by atoms with Gasteiger partial charge in [-0.2, -0.15) is 0 Å². The van der Waals surface area contributed by atoms with Crippen molar-refractivity contribution in [3.8, 4) is 0 Å². The van der Waals surface area contributed by atoms with Gasteiger partial charge in [0.05, 0.1) is 10.6 Å². The fourth-order valence-electron chi connectivity index (χ4n) is 4.75. The average Bonchev–Trinajstić information content (AvgIpc) is 3.00. The van der Waals surface area contributed by atoms with E-state index in [1.807, 2.05) is 81.4 Å². The number of amides is 2. The van der Waals surface area contributed by atoms with Gasteiger partial charge in [-0.25, -0.2) is 8.42 Å². The molecule has 4 rings (SSSR count). The van der Waals surface area contributed by atoms with Crippen LogP contribution in [-0.4, -0.2) is 44.8 Å². The van der Waals surface area contributed by atoms with Crippen molar-refractivity contribution in [2.75, 3.05) is 17.9 Å². The summed E-state index contributed by atoms with van der Waals surface area (Å²) < 4.78 is 30.3. The summed E-state index contributed by atoms with van der Waals surface area (Å²) in [5, 5.41) is 2.70. The average molecular weight is 663 g/mol. The van der Waals surface area contributed by atoms with E-state index in [0.717, 1.165) is 36.6 Å². The summed E-state index contributed by atoms with van der Waals surface area (Å²) in [7, 11) is -2.61. The van der Waals surface area contributed by atoms with Crippen LogP contribution in [0.1, 0.15) is 27.8 Å². The molecule has 43 heavy (non-hydrogen) atoms. The Morgan fingerprint density at radius 2 is 1.47 bits per heavy atom. The van der Waals surface area contributed by atoms with Crippen LogP contribution in [0, 0.1) is 20.8 Å².